The van der Waals surface area contributed by atoms with Crippen LogP contribution < -0.4 is 0 Å². The lowest BCUT2D eigenvalue weighted by molar-refractivity contribution is -0.114. The van der Waals surface area contributed by atoms with Crippen LogP contribution in [0.3, 0.4) is 0 Å². The molecule has 0 unspecified atom stereocenters. The average molecular weight is 184 g/mol. The first kappa shape index (κ1) is 10.1. The summed E-state index contributed by atoms with van der Waals surface area (Å²) in [5.41, 5.74) is 0. The van der Waals surface area contributed by atoms with Crippen LogP contribution in [0.5, 0.6) is 0 Å². The molecule has 0 aromatic rings. The molecule has 74 valence electrons. The lowest BCUT2D eigenvalue weighted by atomic mass is 10.3. The smallest absolute Gasteiger partial charge is 0.321 e. The van der Waals surface area contributed by atoms with Crippen LogP contribution in [0, 0.1) is 0 Å². The van der Waals surface area contributed by atoms with Crippen molar-refractivity contribution in [3.63, 3.8) is 0 Å². The van der Waals surface area contributed by atoms with Gasteiger partial charge in [0.1, 0.15) is 0 Å². The fourth-order valence-electron chi connectivity index (χ4n) is 1.38. The summed E-state index contributed by atoms with van der Waals surface area (Å²) in [6.45, 7) is 9.32. The van der Waals surface area contributed by atoms with Crippen molar-refractivity contribution in [2.24, 2.45) is 0 Å². The minimum atomic E-state index is -0.0446. The number of hydrogen-bond donors (Lipinski definition) is 0. The molecule has 1 aliphatic heterocycles. The predicted molar refractivity (Wildman–Crippen MR) is 50.1 cm³/mol. The van der Waals surface area contributed by atoms with Crippen molar-refractivity contribution in [1.82, 2.24) is 9.96 Å². The van der Waals surface area contributed by atoms with Crippen molar-refractivity contribution in [2.45, 2.75) is 19.9 Å². The van der Waals surface area contributed by atoms with E-state index < -0.39 is 0 Å². The molecule has 0 aromatic carbocycles. The summed E-state index contributed by atoms with van der Waals surface area (Å²) in [5.74, 6) is 0. The zero-order valence-electron chi connectivity index (χ0n) is 8.19. The first-order valence-corrected chi connectivity index (χ1v) is 4.52. The molecule has 0 saturated carbocycles. The SMILES string of the molecule is C=CCON1C(=O)N(CC)C[C@H]1C. The molecule has 4 nitrogen and oxygen atoms in total. The van der Waals surface area contributed by atoms with Crippen LogP contribution in [-0.4, -0.2) is 41.7 Å². The highest BCUT2D eigenvalue weighted by atomic mass is 16.7. The van der Waals surface area contributed by atoms with Gasteiger partial charge in [0.2, 0.25) is 0 Å². The van der Waals surface area contributed by atoms with Gasteiger partial charge in [0, 0.05) is 13.1 Å². The van der Waals surface area contributed by atoms with E-state index in [9.17, 15) is 4.79 Å². The van der Waals surface area contributed by atoms with E-state index in [4.69, 9.17) is 4.84 Å². The second kappa shape index (κ2) is 4.28. The molecule has 1 heterocycles. The van der Waals surface area contributed by atoms with E-state index in [2.05, 4.69) is 6.58 Å². The molecule has 1 rings (SSSR count). The first-order chi connectivity index (χ1) is 6.20. The second-order valence-corrected chi connectivity index (χ2v) is 3.08. The van der Waals surface area contributed by atoms with Crippen molar-refractivity contribution in [1.29, 1.82) is 0 Å². The van der Waals surface area contributed by atoms with E-state index in [0.29, 0.717) is 6.61 Å². The van der Waals surface area contributed by atoms with Gasteiger partial charge >= 0.3 is 6.03 Å². The fraction of sp³-hybridized carbons (Fsp3) is 0.667. The van der Waals surface area contributed by atoms with E-state index in [1.807, 2.05) is 13.8 Å². The highest BCUT2D eigenvalue weighted by Gasteiger charge is 2.34. The molecule has 13 heavy (non-hydrogen) atoms. The molecule has 1 atom stereocenters. The highest BCUT2D eigenvalue weighted by Crippen LogP contribution is 2.15. The van der Waals surface area contributed by atoms with Crippen LogP contribution in [0.1, 0.15) is 13.8 Å². The summed E-state index contributed by atoms with van der Waals surface area (Å²) in [5, 5.41) is 1.42. The number of likely N-dealkylation sites (N-methyl/N-ethyl adjacent to an activating group) is 1. The monoisotopic (exact) mass is 184 g/mol. The molecule has 0 bridgehead atoms. The molecular formula is C9H16N2O2. The molecule has 0 radical (unpaired) electrons. The molecule has 0 aliphatic carbocycles. The van der Waals surface area contributed by atoms with Gasteiger partial charge in [-0.3, -0.25) is 4.84 Å². The number of hydrogen-bond acceptors (Lipinski definition) is 2. The maximum absolute atomic E-state index is 11.5. The Morgan fingerprint density at radius 2 is 2.46 bits per heavy atom. The molecule has 1 aliphatic rings. The van der Waals surface area contributed by atoms with E-state index in [1.54, 1.807) is 11.0 Å². The van der Waals surface area contributed by atoms with Crippen molar-refractivity contribution in [3.8, 4) is 0 Å². The topological polar surface area (TPSA) is 32.8 Å². The third kappa shape index (κ3) is 2.01. The summed E-state index contributed by atoms with van der Waals surface area (Å²) in [7, 11) is 0. The first-order valence-electron chi connectivity index (χ1n) is 4.52. The zero-order valence-corrected chi connectivity index (χ0v) is 8.19. The largest absolute Gasteiger partial charge is 0.344 e. The van der Waals surface area contributed by atoms with Crippen LogP contribution in [0.2, 0.25) is 0 Å². The minimum absolute atomic E-state index is 0.0446. The van der Waals surface area contributed by atoms with E-state index in [-0.39, 0.29) is 12.1 Å². The Hall–Kier alpha value is -1.03. The van der Waals surface area contributed by atoms with Crippen LogP contribution in [-0.2, 0) is 4.84 Å². The Labute approximate surface area is 78.7 Å². The molecule has 2 amide bonds. The number of urea groups is 1. The molecule has 0 N–H and O–H groups in total. The number of carbonyl (C=O) groups excluding carboxylic acids is 1. The molecule has 0 spiro atoms. The standard InChI is InChI=1S/C9H16N2O2/c1-4-6-13-11-8(3)7-10(5-2)9(11)12/h4,8H,1,5-7H2,2-3H3/t8-/m1/s1. The molecular weight excluding hydrogens is 168 g/mol. The van der Waals surface area contributed by atoms with E-state index >= 15 is 0 Å². The lowest BCUT2D eigenvalue weighted by Gasteiger charge is -2.18. The van der Waals surface area contributed by atoms with Crippen molar-refractivity contribution in [3.05, 3.63) is 12.7 Å². The van der Waals surface area contributed by atoms with Crippen LogP contribution in [0.25, 0.3) is 0 Å². The Morgan fingerprint density at radius 1 is 1.77 bits per heavy atom. The maximum Gasteiger partial charge on any atom is 0.344 e. The molecule has 1 saturated heterocycles. The van der Waals surface area contributed by atoms with Crippen molar-refractivity contribution >= 4 is 6.03 Å². The molecule has 4 heteroatoms. The second-order valence-electron chi connectivity index (χ2n) is 3.08. The van der Waals surface area contributed by atoms with Gasteiger partial charge in [-0.05, 0) is 13.8 Å². The highest BCUT2D eigenvalue weighted by molar-refractivity contribution is 5.75. The number of nitrogens with zero attached hydrogens (tertiary/aromatic N) is 2. The third-order valence-electron chi connectivity index (χ3n) is 2.06. The van der Waals surface area contributed by atoms with Gasteiger partial charge in [-0.1, -0.05) is 6.08 Å². The number of rotatable bonds is 4. The Kier molecular flexibility index (Phi) is 3.31. The zero-order chi connectivity index (χ0) is 9.84. The summed E-state index contributed by atoms with van der Waals surface area (Å²) in [6, 6.07) is 0.0873. The average Bonchev–Trinajstić information content (AvgIpc) is 2.39. The van der Waals surface area contributed by atoms with Gasteiger partial charge in [-0.25, -0.2) is 4.79 Å². The quantitative estimate of drug-likeness (QED) is 0.616. The Morgan fingerprint density at radius 3 is 2.92 bits per heavy atom. The summed E-state index contributed by atoms with van der Waals surface area (Å²) >= 11 is 0. The van der Waals surface area contributed by atoms with Gasteiger partial charge in [0.15, 0.2) is 0 Å². The summed E-state index contributed by atoms with van der Waals surface area (Å²) in [6.07, 6.45) is 1.63. The lowest BCUT2D eigenvalue weighted by Crippen LogP contribution is -2.34. The number of carbonyl (C=O) groups is 1. The molecule has 1 fully saturated rings. The van der Waals surface area contributed by atoms with Crippen LogP contribution in [0.15, 0.2) is 12.7 Å². The number of amides is 2. The normalized spacial score (nSPS) is 22.6. The Balaban J connectivity index is 2.53. The van der Waals surface area contributed by atoms with Crippen LogP contribution >= 0.6 is 0 Å². The third-order valence-corrected chi connectivity index (χ3v) is 2.06. The summed E-state index contributed by atoms with van der Waals surface area (Å²) in [4.78, 5) is 18.5. The minimum Gasteiger partial charge on any atom is -0.321 e. The van der Waals surface area contributed by atoms with Gasteiger partial charge in [0.05, 0.1) is 12.6 Å². The van der Waals surface area contributed by atoms with Crippen LogP contribution in [0.4, 0.5) is 4.79 Å². The van der Waals surface area contributed by atoms with Gasteiger partial charge in [-0.2, -0.15) is 5.06 Å². The van der Waals surface area contributed by atoms with Gasteiger partial charge < -0.3 is 4.90 Å². The summed E-state index contributed by atoms with van der Waals surface area (Å²) < 4.78 is 0. The van der Waals surface area contributed by atoms with E-state index in [0.717, 1.165) is 13.1 Å². The number of hydroxylamine groups is 2. The van der Waals surface area contributed by atoms with Gasteiger partial charge in [0.25, 0.3) is 0 Å². The Bertz CT molecular complexity index is 206. The predicted octanol–water partition coefficient (Wildman–Crippen LogP) is 1.25. The fourth-order valence-corrected chi connectivity index (χ4v) is 1.38. The molecule has 0 aromatic heterocycles. The van der Waals surface area contributed by atoms with Crippen molar-refractivity contribution < 1.29 is 9.63 Å². The van der Waals surface area contributed by atoms with Crippen molar-refractivity contribution in [2.75, 3.05) is 19.7 Å². The van der Waals surface area contributed by atoms with E-state index in [1.165, 1.54) is 5.06 Å². The van der Waals surface area contributed by atoms with Gasteiger partial charge in [-0.15, -0.1) is 6.58 Å². The maximum atomic E-state index is 11.5.